The van der Waals surface area contributed by atoms with Crippen molar-refractivity contribution in [3.63, 3.8) is 0 Å². The number of benzene rings is 1. The minimum atomic E-state index is -3.43. The van der Waals surface area contributed by atoms with Crippen molar-refractivity contribution in [1.82, 2.24) is 0 Å². The van der Waals surface area contributed by atoms with E-state index in [0.717, 1.165) is 32.0 Å². The Hall–Kier alpha value is -0.550. The zero-order valence-corrected chi connectivity index (χ0v) is 9.78. The summed E-state index contributed by atoms with van der Waals surface area (Å²) in [6.07, 6.45) is 0. The van der Waals surface area contributed by atoms with Gasteiger partial charge in [-0.3, -0.25) is 0 Å². The normalized spacial score (nSPS) is 13.0. The van der Waals surface area contributed by atoms with Gasteiger partial charge in [-0.2, -0.15) is 8.78 Å². The van der Waals surface area contributed by atoms with E-state index in [2.05, 4.69) is 15.9 Å². The molecule has 1 aromatic rings. The second-order valence-electron chi connectivity index (χ2n) is 3.76. The average molecular weight is 283 g/mol. The topological polar surface area (TPSA) is 20.2 Å². The maximum absolute atomic E-state index is 13.6. The van der Waals surface area contributed by atoms with Gasteiger partial charge in [0, 0.05) is 5.56 Å². The third-order valence-corrected chi connectivity index (χ3v) is 2.66. The standard InChI is InChI=1S/C10H10BrF3O/c1-9(2,15)10(13,14)6-3-4-8(12)7(11)5-6/h3-5,15H,1-2H3. The molecule has 0 saturated heterocycles. The predicted octanol–water partition coefficient (Wildman–Crippen LogP) is 3.45. The number of rotatable bonds is 2. The van der Waals surface area contributed by atoms with E-state index in [1.165, 1.54) is 0 Å². The van der Waals surface area contributed by atoms with Crippen LogP contribution in [0, 0.1) is 5.82 Å². The minimum Gasteiger partial charge on any atom is -0.384 e. The Labute approximate surface area is 94.0 Å². The lowest BCUT2D eigenvalue weighted by Crippen LogP contribution is -2.40. The van der Waals surface area contributed by atoms with Gasteiger partial charge in [0.25, 0.3) is 0 Å². The number of halogens is 4. The van der Waals surface area contributed by atoms with Gasteiger partial charge in [-0.15, -0.1) is 0 Å². The average Bonchev–Trinajstić information content (AvgIpc) is 2.07. The molecule has 1 rings (SSSR count). The molecule has 0 aliphatic heterocycles. The van der Waals surface area contributed by atoms with Crippen molar-refractivity contribution in [2.75, 3.05) is 0 Å². The van der Waals surface area contributed by atoms with E-state index >= 15 is 0 Å². The first-order valence-corrected chi connectivity index (χ1v) is 5.01. The molecular weight excluding hydrogens is 273 g/mol. The monoisotopic (exact) mass is 282 g/mol. The fourth-order valence-corrected chi connectivity index (χ4v) is 1.42. The highest BCUT2D eigenvalue weighted by Crippen LogP contribution is 2.39. The van der Waals surface area contributed by atoms with E-state index in [4.69, 9.17) is 0 Å². The number of aliphatic hydroxyl groups is 1. The van der Waals surface area contributed by atoms with E-state index < -0.39 is 22.9 Å². The van der Waals surface area contributed by atoms with Gasteiger partial charge in [-0.25, -0.2) is 4.39 Å². The molecule has 0 atom stereocenters. The van der Waals surface area contributed by atoms with Crippen molar-refractivity contribution in [1.29, 1.82) is 0 Å². The second-order valence-corrected chi connectivity index (χ2v) is 4.62. The molecule has 0 amide bonds. The van der Waals surface area contributed by atoms with E-state index in [-0.39, 0.29) is 4.47 Å². The molecule has 0 bridgehead atoms. The van der Waals surface area contributed by atoms with Crippen LogP contribution in [-0.4, -0.2) is 10.7 Å². The lowest BCUT2D eigenvalue weighted by Gasteiger charge is -2.29. The smallest absolute Gasteiger partial charge is 0.300 e. The lowest BCUT2D eigenvalue weighted by molar-refractivity contribution is -0.168. The summed E-state index contributed by atoms with van der Waals surface area (Å²) in [5.74, 6) is -4.05. The fraction of sp³-hybridized carbons (Fsp3) is 0.400. The summed E-state index contributed by atoms with van der Waals surface area (Å²) in [5.41, 5.74) is -2.62. The molecule has 0 radical (unpaired) electrons. The Balaban J connectivity index is 3.22. The van der Waals surface area contributed by atoms with Crippen LogP contribution in [0.5, 0.6) is 0 Å². The molecule has 0 aliphatic rings. The number of alkyl halides is 2. The van der Waals surface area contributed by atoms with Gasteiger partial charge in [0.1, 0.15) is 11.4 Å². The van der Waals surface area contributed by atoms with Crippen molar-refractivity contribution < 1.29 is 18.3 Å². The van der Waals surface area contributed by atoms with Crippen LogP contribution in [0.3, 0.4) is 0 Å². The van der Waals surface area contributed by atoms with Crippen molar-refractivity contribution in [2.45, 2.75) is 25.4 Å². The molecule has 0 spiro atoms. The Kier molecular flexibility index (Phi) is 3.16. The maximum Gasteiger partial charge on any atom is 0.300 e. The van der Waals surface area contributed by atoms with E-state index in [9.17, 15) is 18.3 Å². The van der Waals surface area contributed by atoms with Crippen molar-refractivity contribution >= 4 is 15.9 Å². The quantitative estimate of drug-likeness (QED) is 0.881. The Morgan fingerprint density at radius 3 is 2.20 bits per heavy atom. The SMILES string of the molecule is CC(C)(O)C(F)(F)c1ccc(F)c(Br)c1. The van der Waals surface area contributed by atoms with Crippen LogP contribution in [0.1, 0.15) is 19.4 Å². The van der Waals surface area contributed by atoms with Gasteiger partial charge < -0.3 is 5.11 Å². The highest BCUT2D eigenvalue weighted by atomic mass is 79.9. The second kappa shape index (κ2) is 3.79. The molecule has 0 heterocycles. The summed E-state index contributed by atoms with van der Waals surface area (Å²) in [4.78, 5) is 0. The summed E-state index contributed by atoms with van der Waals surface area (Å²) in [6, 6.07) is 2.85. The number of hydrogen-bond donors (Lipinski definition) is 1. The molecule has 0 unspecified atom stereocenters. The van der Waals surface area contributed by atoms with E-state index in [0.29, 0.717) is 0 Å². The molecule has 1 N–H and O–H groups in total. The van der Waals surface area contributed by atoms with E-state index in [1.807, 2.05) is 0 Å². The van der Waals surface area contributed by atoms with Crippen LogP contribution in [0.2, 0.25) is 0 Å². The fourth-order valence-electron chi connectivity index (χ4n) is 1.04. The van der Waals surface area contributed by atoms with Crippen LogP contribution in [0.25, 0.3) is 0 Å². The Bertz CT molecular complexity index is 371. The molecule has 84 valence electrons. The summed E-state index contributed by atoms with van der Waals surface area (Å²) in [7, 11) is 0. The van der Waals surface area contributed by atoms with Crippen molar-refractivity contribution in [3.05, 3.63) is 34.1 Å². The Morgan fingerprint density at radius 1 is 1.27 bits per heavy atom. The predicted molar refractivity (Wildman–Crippen MR) is 54.3 cm³/mol. The molecular formula is C10H10BrF3O. The molecule has 0 aliphatic carbocycles. The first kappa shape index (κ1) is 12.5. The largest absolute Gasteiger partial charge is 0.384 e. The highest BCUT2D eigenvalue weighted by molar-refractivity contribution is 9.10. The first-order valence-electron chi connectivity index (χ1n) is 4.22. The van der Waals surface area contributed by atoms with Gasteiger partial charge in [-0.05, 0) is 48.0 Å². The molecule has 1 nitrogen and oxygen atoms in total. The third-order valence-electron chi connectivity index (χ3n) is 2.05. The van der Waals surface area contributed by atoms with E-state index in [1.54, 1.807) is 0 Å². The van der Waals surface area contributed by atoms with Crippen LogP contribution >= 0.6 is 15.9 Å². The molecule has 1 aromatic carbocycles. The highest BCUT2D eigenvalue weighted by Gasteiger charge is 2.47. The van der Waals surface area contributed by atoms with Gasteiger partial charge in [-0.1, -0.05) is 0 Å². The lowest BCUT2D eigenvalue weighted by atomic mass is 9.93. The molecule has 5 heteroatoms. The van der Waals surface area contributed by atoms with Crippen LogP contribution in [0.15, 0.2) is 22.7 Å². The Morgan fingerprint density at radius 2 is 1.80 bits per heavy atom. The summed E-state index contributed by atoms with van der Waals surface area (Å²) in [5, 5.41) is 9.30. The minimum absolute atomic E-state index is 0.0519. The third kappa shape index (κ3) is 2.34. The zero-order valence-electron chi connectivity index (χ0n) is 8.19. The molecule has 15 heavy (non-hydrogen) atoms. The zero-order chi connectivity index (χ0) is 11.9. The first-order chi connectivity index (χ1) is 6.66. The van der Waals surface area contributed by atoms with Gasteiger partial charge in [0.2, 0.25) is 0 Å². The summed E-state index contributed by atoms with van der Waals surface area (Å²) in [6.45, 7) is 2.01. The number of hydrogen-bond acceptors (Lipinski definition) is 1. The van der Waals surface area contributed by atoms with Crippen LogP contribution in [0.4, 0.5) is 13.2 Å². The molecule has 0 aromatic heterocycles. The van der Waals surface area contributed by atoms with Crippen LogP contribution in [-0.2, 0) is 5.92 Å². The summed E-state index contributed by atoms with van der Waals surface area (Å²) >= 11 is 2.82. The van der Waals surface area contributed by atoms with Gasteiger partial charge >= 0.3 is 5.92 Å². The van der Waals surface area contributed by atoms with Crippen molar-refractivity contribution in [2.24, 2.45) is 0 Å². The van der Waals surface area contributed by atoms with Crippen LogP contribution < -0.4 is 0 Å². The molecule has 0 saturated carbocycles. The molecule has 0 fully saturated rings. The van der Waals surface area contributed by atoms with Gasteiger partial charge in [0.15, 0.2) is 0 Å². The van der Waals surface area contributed by atoms with Crippen molar-refractivity contribution in [3.8, 4) is 0 Å². The summed E-state index contributed by atoms with van der Waals surface area (Å²) < 4.78 is 39.9. The maximum atomic E-state index is 13.6. The van der Waals surface area contributed by atoms with Gasteiger partial charge in [0.05, 0.1) is 4.47 Å².